The van der Waals surface area contributed by atoms with Crippen LogP contribution in [0.1, 0.15) is 12.8 Å². The fourth-order valence-corrected chi connectivity index (χ4v) is 2.39. The lowest BCUT2D eigenvalue weighted by Crippen LogP contribution is -2.46. The highest BCUT2D eigenvalue weighted by Crippen LogP contribution is 2.29. The molecule has 7 nitrogen and oxygen atoms in total. The summed E-state index contributed by atoms with van der Waals surface area (Å²) in [4.78, 5) is 37.1. The number of nitrogens with one attached hydrogen (secondary N) is 1. The molecule has 2 aliphatic rings. The minimum absolute atomic E-state index is 0.0491. The minimum atomic E-state index is -0.336. The molecular formula is C14H14N4O3. The molecule has 0 radical (unpaired) electrons. The summed E-state index contributed by atoms with van der Waals surface area (Å²) >= 11 is 0. The van der Waals surface area contributed by atoms with Crippen molar-refractivity contribution in [3.8, 4) is 0 Å². The van der Waals surface area contributed by atoms with Gasteiger partial charge in [-0.25, -0.2) is 5.01 Å². The molecule has 0 aliphatic carbocycles. The number of nitrogens with zero attached hydrogens (tertiary/aromatic N) is 3. The average Bonchev–Trinajstić information content (AvgIpc) is 2.48. The Hall–Kier alpha value is -2.70. The molecule has 0 saturated heterocycles. The molecule has 2 aliphatic heterocycles. The van der Waals surface area contributed by atoms with E-state index in [-0.39, 0.29) is 30.7 Å². The van der Waals surface area contributed by atoms with Crippen LogP contribution in [-0.4, -0.2) is 42.0 Å². The molecule has 0 bridgehead atoms. The molecule has 1 N–H and O–H groups in total. The topological polar surface area (TPSA) is 82.1 Å². The van der Waals surface area contributed by atoms with Gasteiger partial charge in [0.25, 0.3) is 5.91 Å². The second-order valence-electron chi connectivity index (χ2n) is 4.92. The number of anilines is 2. The highest BCUT2D eigenvalue weighted by Gasteiger charge is 2.31. The summed E-state index contributed by atoms with van der Waals surface area (Å²) in [6.07, 6.45) is 0.547. The first kappa shape index (κ1) is 13.3. The van der Waals surface area contributed by atoms with Crippen LogP contribution in [0.5, 0.6) is 0 Å². The molecule has 0 aromatic heterocycles. The van der Waals surface area contributed by atoms with Gasteiger partial charge in [0, 0.05) is 19.9 Å². The van der Waals surface area contributed by atoms with Gasteiger partial charge in [0.15, 0.2) is 0 Å². The zero-order chi connectivity index (χ0) is 15.0. The number of amides is 3. The second-order valence-corrected chi connectivity index (χ2v) is 4.92. The van der Waals surface area contributed by atoms with Crippen LogP contribution < -0.4 is 10.2 Å². The third-order valence-electron chi connectivity index (χ3n) is 3.47. The van der Waals surface area contributed by atoms with Crippen molar-refractivity contribution in [3.63, 3.8) is 0 Å². The van der Waals surface area contributed by atoms with E-state index in [9.17, 15) is 14.4 Å². The maximum atomic E-state index is 12.6. The van der Waals surface area contributed by atoms with E-state index in [4.69, 9.17) is 0 Å². The normalized spacial score (nSPS) is 18.0. The van der Waals surface area contributed by atoms with E-state index in [0.29, 0.717) is 23.5 Å². The third kappa shape index (κ3) is 2.37. The Bertz CT molecular complexity index is 668. The van der Waals surface area contributed by atoms with Crippen molar-refractivity contribution >= 4 is 34.8 Å². The van der Waals surface area contributed by atoms with Crippen molar-refractivity contribution in [3.05, 3.63) is 24.3 Å². The summed E-state index contributed by atoms with van der Waals surface area (Å²) in [5.41, 5.74) is 1.54. The lowest BCUT2D eigenvalue weighted by Gasteiger charge is -2.30. The molecule has 0 spiro atoms. The first-order valence-corrected chi connectivity index (χ1v) is 6.61. The van der Waals surface area contributed by atoms with Crippen LogP contribution in [0.3, 0.4) is 0 Å². The predicted molar refractivity (Wildman–Crippen MR) is 76.9 cm³/mol. The van der Waals surface area contributed by atoms with Crippen molar-refractivity contribution in [2.24, 2.45) is 5.10 Å². The van der Waals surface area contributed by atoms with E-state index in [2.05, 4.69) is 10.4 Å². The SMILES string of the molecule is CN1N=C(C(=O)N2CC(=O)Nc3ccccc32)CCC1=O. The molecule has 0 atom stereocenters. The Morgan fingerprint density at radius 3 is 2.76 bits per heavy atom. The predicted octanol–water partition coefficient (Wildman–Crippen LogP) is 0.580. The van der Waals surface area contributed by atoms with Crippen LogP contribution in [0, 0.1) is 0 Å². The smallest absolute Gasteiger partial charge is 0.275 e. The standard InChI is InChI=1S/C14H14N4O3/c1-17-13(20)7-6-10(16-17)14(21)18-8-12(19)15-9-4-2-3-5-11(9)18/h2-5H,6-8H2,1H3,(H,15,19). The molecule has 3 rings (SSSR count). The summed E-state index contributed by atoms with van der Waals surface area (Å²) < 4.78 is 0. The number of hydrogen-bond acceptors (Lipinski definition) is 4. The van der Waals surface area contributed by atoms with E-state index in [0.717, 1.165) is 0 Å². The van der Waals surface area contributed by atoms with Crippen LogP contribution in [0.15, 0.2) is 29.4 Å². The summed E-state index contributed by atoms with van der Waals surface area (Å²) in [5, 5.41) is 7.91. The van der Waals surface area contributed by atoms with Gasteiger partial charge in [-0.1, -0.05) is 12.1 Å². The Balaban J connectivity index is 1.94. The van der Waals surface area contributed by atoms with Crippen LogP contribution in [-0.2, 0) is 14.4 Å². The number of carbonyl (C=O) groups excluding carboxylic acids is 3. The number of hydrogen-bond donors (Lipinski definition) is 1. The second kappa shape index (κ2) is 5.01. The summed E-state index contributed by atoms with van der Waals surface area (Å²) in [6.45, 7) is -0.0491. The van der Waals surface area contributed by atoms with E-state index < -0.39 is 0 Å². The monoisotopic (exact) mass is 286 g/mol. The molecule has 108 valence electrons. The van der Waals surface area contributed by atoms with Crippen LogP contribution >= 0.6 is 0 Å². The van der Waals surface area contributed by atoms with Gasteiger partial charge in [0.2, 0.25) is 11.8 Å². The number of benzene rings is 1. The Labute approximate surface area is 121 Å². The minimum Gasteiger partial charge on any atom is -0.323 e. The Morgan fingerprint density at radius 1 is 1.24 bits per heavy atom. The van der Waals surface area contributed by atoms with Crippen molar-refractivity contribution in [2.45, 2.75) is 12.8 Å². The quantitative estimate of drug-likeness (QED) is 0.819. The van der Waals surface area contributed by atoms with Gasteiger partial charge in [0.1, 0.15) is 12.3 Å². The maximum Gasteiger partial charge on any atom is 0.275 e. The number of para-hydroxylation sites is 2. The van der Waals surface area contributed by atoms with Gasteiger partial charge in [-0.15, -0.1) is 0 Å². The van der Waals surface area contributed by atoms with E-state index >= 15 is 0 Å². The van der Waals surface area contributed by atoms with Crippen molar-refractivity contribution in [1.82, 2.24) is 5.01 Å². The fourth-order valence-electron chi connectivity index (χ4n) is 2.39. The van der Waals surface area contributed by atoms with E-state index in [1.165, 1.54) is 17.0 Å². The molecule has 1 aromatic carbocycles. The molecule has 3 amide bonds. The van der Waals surface area contributed by atoms with Gasteiger partial charge in [-0.3, -0.25) is 19.3 Å². The van der Waals surface area contributed by atoms with Crippen molar-refractivity contribution < 1.29 is 14.4 Å². The summed E-state index contributed by atoms with van der Waals surface area (Å²) in [7, 11) is 1.52. The lowest BCUT2D eigenvalue weighted by atomic mass is 10.1. The van der Waals surface area contributed by atoms with Crippen molar-refractivity contribution in [1.29, 1.82) is 0 Å². The molecular weight excluding hydrogens is 272 g/mol. The van der Waals surface area contributed by atoms with Crippen LogP contribution in [0.4, 0.5) is 11.4 Å². The number of rotatable bonds is 1. The Kier molecular flexibility index (Phi) is 3.17. The van der Waals surface area contributed by atoms with Gasteiger partial charge >= 0.3 is 0 Å². The average molecular weight is 286 g/mol. The zero-order valence-corrected chi connectivity index (χ0v) is 11.5. The molecule has 21 heavy (non-hydrogen) atoms. The summed E-state index contributed by atoms with van der Waals surface area (Å²) in [5.74, 6) is -0.706. The lowest BCUT2D eigenvalue weighted by molar-refractivity contribution is -0.130. The van der Waals surface area contributed by atoms with E-state index in [1.54, 1.807) is 24.3 Å². The first-order chi connectivity index (χ1) is 10.1. The summed E-state index contributed by atoms with van der Waals surface area (Å²) in [6, 6.07) is 7.10. The molecule has 0 saturated carbocycles. The van der Waals surface area contributed by atoms with Gasteiger partial charge in [-0.2, -0.15) is 5.10 Å². The fraction of sp³-hybridized carbons (Fsp3) is 0.286. The molecule has 7 heteroatoms. The molecule has 1 aromatic rings. The number of carbonyl (C=O) groups is 3. The van der Waals surface area contributed by atoms with Crippen LogP contribution in [0.25, 0.3) is 0 Å². The number of hydrazone groups is 1. The Morgan fingerprint density at radius 2 is 2.00 bits per heavy atom. The highest BCUT2D eigenvalue weighted by atomic mass is 16.2. The molecule has 2 heterocycles. The van der Waals surface area contributed by atoms with Gasteiger partial charge in [-0.05, 0) is 12.1 Å². The molecule has 0 unspecified atom stereocenters. The van der Waals surface area contributed by atoms with Crippen LogP contribution in [0.2, 0.25) is 0 Å². The molecule has 0 fully saturated rings. The van der Waals surface area contributed by atoms with E-state index in [1.807, 2.05) is 0 Å². The maximum absolute atomic E-state index is 12.6. The highest BCUT2D eigenvalue weighted by molar-refractivity contribution is 6.45. The zero-order valence-electron chi connectivity index (χ0n) is 11.5. The first-order valence-electron chi connectivity index (χ1n) is 6.61. The third-order valence-corrected chi connectivity index (χ3v) is 3.47. The van der Waals surface area contributed by atoms with Gasteiger partial charge < -0.3 is 5.32 Å². The number of fused-ring (bicyclic) bond motifs is 1. The van der Waals surface area contributed by atoms with Gasteiger partial charge in [0.05, 0.1) is 11.4 Å². The largest absolute Gasteiger partial charge is 0.323 e. The van der Waals surface area contributed by atoms with Crippen molar-refractivity contribution in [2.75, 3.05) is 23.8 Å².